The minimum absolute atomic E-state index is 0.0905. The Morgan fingerprint density at radius 1 is 1.26 bits per heavy atom. The van der Waals surface area contributed by atoms with Crippen LogP contribution in [0.1, 0.15) is 5.56 Å². The second kappa shape index (κ2) is 5.19. The lowest BCUT2D eigenvalue weighted by molar-refractivity contribution is -0.384. The molecule has 0 saturated carbocycles. The number of nitriles is 1. The van der Waals surface area contributed by atoms with Crippen LogP contribution in [-0.2, 0) is 0 Å². The SMILES string of the molecule is COc1cccc(-c2ccc(C#N)cc2[N+](=O)[O-])c1. The van der Waals surface area contributed by atoms with Gasteiger partial charge < -0.3 is 4.74 Å². The Hall–Kier alpha value is -2.87. The largest absolute Gasteiger partial charge is 0.497 e. The molecule has 0 heterocycles. The standard InChI is InChI=1S/C14H10N2O3/c1-19-12-4-2-3-11(8-12)13-6-5-10(9-15)7-14(13)16(17)18/h2-8H,1H3. The van der Waals surface area contributed by atoms with E-state index >= 15 is 0 Å². The summed E-state index contributed by atoms with van der Waals surface area (Å²) in [7, 11) is 1.53. The van der Waals surface area contributed by atoms with Crippen molar-refractivity contribution in [1.29, 1.82) is 5.26 Å². The highest BCUT2D eigenvalue weighted by atomic mass is 16.6. The highest BCUT2D eigenvalue weighted by Crippen LogP contribution is 2.32. The molecule has 0 saturated heterocycles. The molecule has 0 unspecified atom stereocenters. The molecule has 0 fully saturated rings. The Kier molecular flexibility index (Phi) is 3.44. The highest BCUT2D eigenvalue weighted by molar-refractivity contribution is 5.75. The second-order valence-corrected chi connectivity index (χ2v) is 3.83. The number of nitrogens with zero attached hydrogens (tertiary/aromatic N) is 2. The van der Waals surface area contributed by atoms with E-state index in [0.29, 0.717) is 16.9 Å². The topological polar surface area (TPSA) is 76.2 Å². The zero-order valence-electron chi connectivity index (χ0n) is 10.2. The number of rotatable bonds is 3. The molecular weight excluding hydrogens is 244 g/mol. The van der Waals surface area contributed by atoms with E-state index in [-0.39, 0.29) is 11.3 Å². The molecule has 5 heteroatoms. The van der Waals surface area contributed by atoms with Gasteiger partial charge >= 0.3 is 0 Å². The molecule has 19 heavy (non-hydrogen) atoms. The molecule has 94 valence electrons. The summed E-state index contributed by atoms with van der Waals surface area (Å²) in [5.74, 6) is 0.621. The third-order valence-corrected chi connectivity index (χ3v) is 2.70. The summed E-state index contributed by atoms with van der Waals surface area (Å²) in [5.41, 5.74) is 1.31. The van der Waals surface area contributed by atoms with Crippen molar-refractivity contribution in [3.05, 3.63) is 58.1 Å². The van der Waals surface area contributed by atoms with Crippen molar-refractivity contribution in [3.8, 4) is 22.9 Å². The number of methoxy groups -OCH3 is 1. The van der Waals surface area contributed by atoms with Gasteiger partial charge in [-0.1, -0.05) is 12.1 Å². The van der Waals surface area contributed by atoms with Gasteiger partial charge in [0.1, 0.15) is 5.75 Å². The maximum atomic E-state index is 11.1. The Balaban J connectivity index is 2.61. The van der Waals surface area contributed by atoms with Crippen LogP contribution in [0.25, 0.3) is 11.1 Å². The van der Waals surface area contributed by atoms with Crippen LogP contribution < -0.4 is 4.74 Å². The van der Waals surface area contributed by atoms with Gasteiger partial charge in [0, 0.05) is 6.07 Å². The maximum absolute atomic E-state index is 11.1. The van der Waals surface area contributed by atoms with Gasteiger partial charge in [-0.05, 0) is 29.8 Å². The first-order valence-electron chi connectivity index (χ1n) is 5.48. The van der Waals surface area contributed by atoms with E-state index in [1.807, 2.05) is 6.07 Å². The molecule has 0 aliphatic rings. The number of benzene rings is 2. The quantitative estimate of drug-likeness (QED) is 0.622. The first kappa shape index (κ1) is 12.6. The van der Waals surface area contributed by atoms with Gasteiger partial charge in [-0.3, -0.25) is 10.1 Å². The molecule has 0 radical (unpaired) electrons. The third kappa shape index (κ3) is 2.53. The lowest BCUT2D eigenvalue weighted by atomic mass is 10.0. The van der Waals surface area contributed by atoms with Crippen molar-refractivity contribution in [3.63, 3.8) is 0 Å². The minimum atomic E-state index is -0.490. The van der Waals surface area contributed by atoms with Crippen molar-refractivity contribution < 1.29 is 9.66 Å². The van der Waals surface area contributed by atoms with Crippen molar-refractivity contribution in [2.45, 2.75) is 0 Å². The van der Waals surface area contributed by atoms with Gasteiger partial charge in [0.05, 0.1) is 29.2 Å². The van der Waals surface area contributed by atoms with Gasteiger partial charge in [-0.15, -0.1) is 0 Å². The van der Waals surface area contributed by atoms with Crippen LogP contribution in [0.2, 0.25) is 0 Å². The summed E-state index contributed by atoms with van der Waals surface area (Å²) in [6.45, 7) is 0. The molecule has 0 N–H and O–H groups in total. The summed E-state index contributed by atoms with van der Waals surface area (Å²) in [4.78, 5) is 10.6. The average molecular weight is 254 g/mol. The minimum Gasteiger partial charge on any atom is -0.497 e. The summed E-state index contributed by atoms with van der Waals surface area (Å²) in [5, 5.41) is 19.9. The smallest absolute Gasteiger partial charge is 0.278 e. The fourth-order valence-electron chi connectivity index (χ4n) is 1.79. The Morgan fingerprint density at radius 2 is 2.05 bits per heavy atom. The van der Waals surface area contributed by atoms with Crippen molar-refractivity contribution in [2.75, 3.05) is 7.11 Å². The van der Waals surface area contributed by atoms with Crippen molar-refractivity contribution >= 4 is 5.69 Å². The second-order valence-electron chi connectivity index (χ2n) is 3.83. The molecule has 0 aliphatic carbocycles. The van der Waals surface area contributed by atoms with E-state index in [1.54, 1.807) is 36.4 Å². The molecule has 0 spiro atoms. The molecular formula is C14H10N2O3. The van der Waals surface area contributed by atoms with Crippen LogP contribution in [-0.4, -0.2) is 12.0 Å². The lowest BCUT2D eigenvalue weighted by Gasteiger charge is -2.05. The predicted octanol–water partition coefficient (Wildman–Crippen LogP) is 3.14. The first-order chi connectivity index (χ1) is 9.15. The van der Waals surface area contributed by atoms with Gasteiger partial charge in [-0.25, -0.2) is 0 Å². The van der Waals surface area contributed by atoms with Crippen LogP contribution in [0.3, 0.4) is 0 Å². The average Bonchev–Trinajstić information content (AvgIpc) is 2.46. The van der Waals surface area contributed by atoms with Gasteiger partial charge in [0.25, 0.3) is 5.69 Å². The van der Waals surface area contributed by atoms with Gasteiger partial charge in [0.15, 0.2) is 0 Å². The van der Waals surface area contributed by atoms with E-state index in [9.17, 15) is 10.1 Å². The van der Waals surface area contributed by atoms with E-state index in [4.69, 9.17) is 10.00 Å². The van der Waals surface area contributed by atoms with Crippen LogP contribution in [0.5, 0.6) is 5.75 Å². The molecule has 2 aromatic carbocycles. The van der Waals surface area contributed by atoms with Gasteiger partial charge in [-0.2, -0.15) is 5.26 Å². The van der Waals surface area contributed by atoms with Crippen molar-refractivity contribution in [1.82, 2.24) is 0 Å². The molecule has 0 aromatic heterocycles. The van der Waals surface area contributed by atoms with Crippen molar-refractivity contribution in [2.24, 2.45) is 0 Å². The fourth-order valence-corrected chi connectivity index (χ4v) is 1.79. The number of hydrogen-bond donors (Lipinski definition) is 0. The van der Waals surface area contributed by atoms with Crippen LogP contribution >= 0.6 is 0 Å². The summed E-state index contributed by atoms with van der Waals surface area (Å²) < 4.78 is 5.10. The Bertz CT molecular complexity index is 675. The molecule has 0 amide bonds. The summed E-state index contributed by atoms with van der Waals surface area (Å²) in [6.07, 6.45) is 0. The number of ether oxygens (including phenoxy) is 1. The van der Waals surface area contributed by atoms with E-state index in [1.165, 1.54) is 13.2 Å². The molecule has 2 aromatic rings. The lowest BCUT2D eigenvalue weighted by Crippen LogP contribution is -1.93. The molecule has 5 nitrogen and oxygen atoms in total. The van der Waals surface area contributed by atoms with Crippen LogP contribution in [0, 0.1) is 21.4 Å². The summed E-state index contributed by atoms with van der Waals surface area (Å²) in [6, 6.07) is 13.3. The molecule has 0 atom stereocenters. The van der Waals surface area contributed by atoms with Crippen LogP contribution in [0.15, 0.2) is 42.5 Å². The molecule has 0 aliphatic heterocycles. The fraction of sp³-hybridized carbons (Fsp3) is 0.0714. The maximum Gasteiger partial charge on any atom is 0.278 e. The van der Waals surface area contributed by atoms with E-state index in [0.717, 1.165) is 0 Å². The monoisotopic (exact) mass is 254 g/mol. The first-order valence-corrected chi connectivity index (χ1v) is 5.48. The third-order valence-electron chi connectivity index (χ3n) is 2.70. The van der Waals surface area contributed by atoms with Crippen LogP contribution in [0.4, 0.5) is 5.69 Å². The Labute approximate surface area is 109 Å². The predicted molar refractivity (Wildman–Crippen MR) is 69.8 cm³/mol. The molecule has 2 rings (SSSR count). The summed E-state index contributed by atoms with van der Waals surface area (Å²) >= 11 is 0. The van der Waals surface area contributed by atoms with E-state index < -0.39 is 4.92 Å². The van der Waals surface area contributed by atoms with E-state index in [2.05, 4.69) is 0 Å². The molecule has 0 bridgehead atoms. The number of nitro benzene ring substituents is 1. The number of nitro groups is 1. The normalized spacial score (nSPS) is 9.68. The highest BCUT2D eigenvalue weighted by Gasteiger charge is 2.16. The Morgan fingerprint density at radius 3 is 2.68 bits per heavy atom. The zero-order valence-corrected chi connectivity index (χ0v) is 10.2. The van der Waals surface area contributed by atoms with Gasteiger partial charge in [0.2, 0.25) is 0 Å². The zero-order chi connectivity index (χ0) is 13.8. The number of hydrogen-bond acceptors (Lipinski definition) is 4.